The highest BCUT2D eigenvalue weighted by Gasteiger charge is 2.29. The Balaban J connectivity index is 2.11. The van der Waals surface area contributed by atoms with Crippen LogP contribution in [0.15, 0.2) is 24.3 Å². The first kappa shape index (κ1) is 13.4. The number of carboxylic acids is 1. The lowest BCUT2D eigenvalue weighted by atomic mass is 9.98. The fourth-order valence-electron chi connectivity index (χ4n) is 2.54. The number of carbonyl (C=O) groups excluding carboxylic acids is 1. The van der Waals surface area contributed by atoms with Crippen LogP contribution in [0.5, 0.6) is 0 Å². The summed E-state index contributed by atoms with van der Waals surface area (Å²) in [5.74, 6) is -0.773. The number of rotatable bonds is 5. The van der Waals surface area contributed by atoms with E-state index >= 15 is 0 Å². The third kappa shape index (κ3) is 3.05. The van der Waals surface area contributed by atoms with Gasteiger partial charge in [-0.3, -0.25) is 9.59 Å². The van der Waals surface area contributed by atoms with Gasteiger partial charge in [-0.05, 0) is 11.6 Å². The van der Waals surface area contributed by atoms with Gasteiger partial charge >= 0.3 is 5.97 Å². The van der Waals surface area contributed by atoms with Gasteiger partial charge in [0.2, 0.25) is 5.91 Å². The molecule has 2 N–H and O–H groups in total. The normalized spacial score (nSPS) is 17.1. The van der Waals surface area contributed by atoms with Crippen molar-refractivity contribution < 1.29 is 14.7 Å². The van der Waals surface area contributed by atoms with Gasteiger partial charge in [0.25, 0.3) is 0 Å². The molecule has 2 rings (SSSR count). The van der Waals surface area contributed by atoms with Crippen molar-refractivity contribution in [2.75, 3.05) is 25.0 Å². The molecule has 19 heavy (non-hydrogen) atoms. The molecule has 1 atom stereocenters. The third-order valence-corrected chi connectivity index (χ3v) is 3.47. The van der Waals surface area contributed by atoms with Crippen molar-refractivity contribution in [2.24, 2.45) is 0 Å². The lowest BCUT2D eigenvalue weighted by molar-refractivity contribution is -0.137. The van der Waals surface area contributed by atoms with Crippen LogP contribution in [0, 0.1) is 0 Å². The number of hydrogen-bond acceptors (Lipinski definition) is 3. The Morgan fingerprint density at radius 3 is 2.84 bits per heavy atom. The summed E-state index contributed by atoms with van der Waals surface area (Å²) in [6.07, 6.45) is 0.554. The number of anilines is 1. The maximum Gasteiger partial charge on any atom is 0.304 e. The highest BCUT2D eigenvalue weighted by molar-refractivity contribution is 5.76. The maximum absolute atomic E-state index is 11.3. The van der Waals surface area contributed by atoms with Crippen LogP contribution < -0.4 is 10.2 Å². The van der Waals surface area contributed by atoms with Gasteiger partial charge in [0.05, 0.1) is 6.42 Å². The number of carboxylic acid groups (broad SMARTS) is 1. The van der Waals surface area contributed by atoms with Crippen molar-refractivity contribution in [2.45, 2.75) is 18.8 Å². The molecular formula is C14H18N2O3. The number of fused-ring (bicyclic) bond motifs is 1. The van der Waals surface area contributed by atoms with Crippen molar-refractivity contribution in [1.29, 1.82) is 0 Å². The fraction of sp³-hybridized carbons (Fsp3) is 0.429. The molecule has 102 valence electrons. The van der Waals surface area contributed by atoms with Gasteiger partial charge in [0.15, 0.2) is 0 Å². The summed E-state index contributed by atoms with van der Waals surface area (Å²) in [7, 11) is 1.62. The number of aliphatic carboxylic acids is 1. The molecule has 1 unspecified atom stereocenters. The summed E-state index contributed by atoms with van der Waals surface area (Å²) in [5, 5.41) is 11.6. The predicted octanol–water partition coefficient (Wildman–Crippen LogP) is 1.20. The number of benzene rings is 1. The van der Waals surface area contributed by atoms with Gasteiger partial charge in [-0.15, -0.1) is 0 Å². The van der Waals surface area contributed by atoms with E-state index in [4.69, 9.17) is 5.11 Å². The van der Waals surface area contributed by atoms with Crippen LogP contribution in [0.4, 0.5) is 5.69 Å². The second kappa shape index (κ2) is 5.73. The molecule has 5 nitrogen and oxygen atoms in total. The number of hydrogen-bond donors (Lipinski definition) is 2. The van der Waals surface area contributed by atoms with E-state index in [0.717, 1.165) is 11.3 Å². The molecule has 0 spiro atoms. The van der Waals surface area contributed by atoms with E-state index in [0.29, 0.717) is 19.5 Å². The molecule has 0 radical (unpaired) electrons. The first-order valence-electron chi connectivity index (χ1n) is 6.38. The Hall–Kier alpha value is -2.04. The van der Waals surface area contributed by atoms with Crippen LogP contribution in [-0.4, -0.2) is 37.1 Å². The van der Waals surface area contributed by atoms with Gasteiger partial charge in [0, 0.05) is 38.2 Å². The summed E-state index contributed by atoms with van der Waals surface area (Å²) in [6, 6.07) is 7.83. The second-order valence-corrected chi connectivity index (χ2v) is 4.72. The molecule has 0 fully saturated rings. The van der Waals surface area contributed by atoms with Crippen LogP contribution in [0.3, 0.4) is 0 Å². The first-order chi connectivity index (χ1) is 9.11. The summed E-state index contributed by atoms with van der Waals surface area (Å²) < 4.78 is 0. The van der Waals surface area contributed by atoms with Crippen LogP contribution in [0.25, 0.3) is 0 Å². The summed E-state index contributed by atoms with van der Waals surface area (Å²) in [4.78, 5) is 24.3. The number of nitrogens with zero attached hydrogens (tertiary/aromatic N) is 1. The monoisotopic (exact) mass is 262 g/mol. The minimum atomic E-state index is -0.784. The highest BCUT2D eigenvalue weighted by Crippen LogP contribution is 2.37. The summed E-state index contributed by atoms with van der Waals surface area (Å²) in [6.45, 7) is 1.29. The molecule has 1 amide bonds. The largest absolute Gasteiger partial charge is 0.481 e. The van der Waals surface area contributed by atoms with Crippen molar-refractivity contribution in [3.63, 3.8) is 0 Å². The van der Waals surface area contributed by atoms with E-state index in [2.05, 4.69) is 10.2 Å². The van der Waals surface area contributed by atoms with Crippen molar-refractivity contribution in [1.82, 2.24) is 5.32 Å². The van der Waals surface area contributed by atoms with Gasteiger partial charge < -0.3 is 15.3 Å². The van der Waals surface area contributed by atoms with E-state index in [1.165, 1.54) is 0 Å². The van der Waals surface area contributed by atoms with E-state index in [1.54, 1.807) is 7.05 Å². The lowest BCUT2D eigenvalue weighted by Crippen LogP contribution is -2.28. The van der Waals surface area contributed by atoms with Crippen molar-refractivity contribution in [3.8, 4) is 0 Å². The fourth-order valence-corrected chi connectivity index (χ4v) is 2.54. The van der Waals surface area contributed by atoms with Crippen molar-refractivity contribution in [3.05, 3.63) is 29.8 Å². The van der Waals surface area contributed by atoms with Gasteiger partial charge in [-0.2, -0.15) is 0 Å². The molecule has 5 heteroatoms. The molecule has 1 aliphatic heterocycles. The second-order valence-electron chi connectivity index (χ2n) is 4.72. The van der Waals surface area contributed by atoms with Crippen LogP contribution in [-0.2, 0) is 9.59 Å². The van der Waals surface area contributed by atoms with Crippen LogP contribution >= 0.6 is 0 Å². The average Bonchev–Trinajstić information content (AvgIpc) is 2.74. The Morgan fingerprint density at radius 2 is 2.16 bits per heavy atom. The minimum absolute atomic E-state index is 0.000772. The average molecular weight is 262 g/mol. The zero-order chi connectivity index (χ0) is 13.8. The first-order valence-corrected chi connectivity index (χ1v) is 6.38. The van der Waals surface area contributed by atoms with E-state index in [-0.39, 0.29) is 18.2 Å². The summed E-state index contributed by atoms with van der Waals surface area (Å²) in [5.41, 5.74) is 2.12. The molecule has 0 saturated carbocycles. The van der Waals surface area contributed by atoms with Crippen LogP contribution in [0.2, 0.25) is 0 Å². The molecular weight excluding hydrogens is 244 g/mol. The predicted molar refractivity (Wildman–Crippen MR) is 72.3 cm³/mol. The highest BCUT2D eigenvalue weighted by atomic mass is 16.4. The van der Waals surface area contributed by atoms with Crippen molar-refractivity contribution >= 4 is 17.6 Å². The number of nitrogens with one attached hydrogen (secondary N) is 1. The van der Waals surface area contributed by atoms with Gasteiger partial charge in [0.1, 0.15) is 0 Å². The topological polar surface area (TPSA) is 69.6 Å². The minimum Gasteiger partial charge on any atom is -0.481 e. The molecule has 0 bridgehead atoms. The number of amides is 1. The number of carbonyl (C=O) groups is 2. The standard InChI is InChI=1S/C14H18N2O3/c1-15-13(17)6-7-16-9-10(8-14(18)19)11-4-2-3-5-12(11)16/h2-5,10H,6-9H2,1H3,(H,15,17)(H,18,19). The van der Waals surface area contributed by atoms with Gasteiger partial charge in [-0.25, -0.2) is 0 Å². The number of para-hydroxylation sites is 1. The molecule has 1 aliphatic rings. The lowest BCUT2D eigenvalue weighted by Gasteiger charge is -2.19. The zero-order valence-electron chi connectivity index (χ0n) is 10.9. The zero-order valence-corrected chi connectivity index (χ0v) is 10.9. The molecule has 0 aromatic heterocycles. The molecule has 1 aromatic rings. The third-order valence-electron chi connectivity index (χ3n) is 3.47. The Labute approximate surface area is 112 Å². The Kier molecular flexibility index (Phi) is 4.04. The summed E-state index contributed by atoms with van der Waals surface area (Å²) >= 11 is 0. The van der Waals surface area contributed by atoms with Crippen LogP contribution in [0.1, 0.15) is 24.3 Å². The maximum atomic E-state index is 11.3. The van der Waals surface area contributed by atoms with E-state index in [9.17, 15) is 9.59 Å². The Morgan fingerprint density at radius 1 is 1.42 bits per heavy atom. The van der Waals surface area contributed by atoms with E-state index in [1.807, 2.05) is 24.3 Å². The molecule has 0 aliphatic carbocycles. The Bertz CT molecular complexity index is 487. The molecule has 1 aromatic carbocycles. The molecule has 0 saturated heterocycles. The smallest absolute Gasteiger partial charge is 0.304 e. The quantitative estimate of drug-likeness (QED) is 0.836. The molecule has 1 heterocycles. The van der Waals surface area contributed by atoms with Gasteiger partial charge in [-0.1, -0.05) is 18.2 Å². The van der Waals surface area contributed by atoms with E-state index < -0.39 is 5.97 Å². The SMILES string of the molecule is CNC(=O)CCN1CC(CC(=O)O)c2ccccc21.